The summed E-state index contributed by atoms with van der Waals surface area (Å²) in [6, 6.07) is 0. The summed E-state index contributed by atoms with van der Waals surface area (Å²) in [7, 11) is 0. The maximum atomic E-state index is 11.5. The first-order chi connectivity index (χ1) is 16.9. The Bertz CT molecular complexity index is 495. The topological polar surface area (TPSA) is 117 Å². The summed E-state index contributed by atoms with van der Waals surface area (Å²) in [5.41, 5.74) is 5.68. The number of amides is 1. The van der Waals surface area contributed by atoms with Crippen LogP contribution in [0.1, 0.15) is 64.2 Å². The van der Waals surface area contributed by atoms with Gasteiger partial charge in [0.15, 0.2) is 0 Å². The van der Waals surface area contributed by atoms with E-state index in [0.29, 0.717) is 82.5 Å². The van der Waals surface area contributed by atoms with Crippen LogP contribution in [-0.2, 0) is 28.6 Å². The summed E-state index contributed by atoms with van der Waals surface area (Å²) in [6.45, 7) is 2.67. The highest BCUT2D eigenvalue weighted by Gasteiger charge is 2.26. The number of hydrogen-bond acceptors (Lipinski definition) is 7. The van der Waals surface area contributed by atoms with Crippen LogP contribution < -0.4 is 11.1 Å². The number of carbonyl (C=O) groups excluding carboxylic acids is 3. The molecule has 0 radical (unpaired) electrons. The molecule has 0 atom stereocenters. The fourth-order valence-electron chi connectivity index (χ4n) is 3.04. The summed E-state index contributed by atoms with van der Waals surface area (Å²) in [5.74, 6) is 1.26. The highest BCUT2D eigenvalue weighted by molar-refractivity contribution is 6.19. The fourth-order valence-corrected chi connectivity index (χ4v) is 3.63. The molecule has 0 saturated heterocycles. The molecule has 0 aliphatic heterocycles. The van der Waals surface area contributed by atoms with Crippen molar-refractivity contribution in [2.75, 3.05) is 63.8 Å². The van der Waals surface area contributed by atoms with E-state index >= 15 is 0 Å². The van der Waals surface area contributed by atoms with Gasteiger partial charge in [0.2, 0.25) is 5.91 Å². The van der Waals surface area contributed by atoms with E-state index < -0.39 is 5.54 Å². The van der Waals surface area contributed by atoms with Crippen molar-refractivity contribution in [3.05, 3.63) is 0 Å². The van der Waals surface area contributed by atoms with Crippen LogP contribution in [0.2, 0.25) is 0 Å². The Morgan fingerprint density at radius 2 is 1.06 bits per heavy atom. The van der Waals surface area contributed by atoms with Crippen LogP contribution in [-0.4, -0.2) is 86.8 Å². The van der Waals surface area contributed by atoms with Gasteiger partial charge in [0.25, 0.3) is 0 Å². The number of unbranched alkanes of at least 4 members (excludes halogenated alkanes) is 2. The summed E-state index contributed by atoms with van der Waals surface area (Å²) in [6.07, 6.45) is 5.77. The molecule has 0 unspecified atom stereocenters. The van der Waals surface area contributed by atoms with Crippen molar-refractivity contribution >= 4 is 52.3 Å². The molecule has 0 aromatic rings. The first-order valence-corrected chi connectivity index (χ1v) is 14.0. The SMILES string of the molecule is NC(COCCCCC(=O)CCCl)(COCCCCC(=O)CCCl)COCCCNC(=O)CCCl. The van der Waals surface area contributed by atoms with E-state index in [-0.39, 0.29) is 37.3 Å². The second-order valence-electron chi connectivity index (χ2n) is 8.53. The quantitative estimate of drug-likeness (QED) is 0.122. The third kappa shape index (κ3) is 22.4. The lowest BCUT2D eigenvalue weighted by Gasteiger charge is -2.29. The number of halogens is 3. The van der Waals surface area contributed by atoms with Gasteiger partial charge in [0, 0.05) is 76.1 Å². The van der Waals surface area contributed by atoms with E-state index in [0.717, 1.165) is 25.7 Å². The van der Waals surface area contributed by atoms with Gasteiger partial charge in [-0.15, -0.1) is 34.8 Å². The normalized spacial score (nSPS) is 11.5. The molecule has 11 heteroatoms. The molecule has 206 valence electrons. The molecule has 1 amide bonds. The number of rotatable bonds is 26. The number of Topliss-reactive ketones (excluding diaryl/α,β-unsaturated/α-hetero) is 2. The van der Waals surface area contributed by atoms with E-state index in [9.17, 15) is 14.4 Å². The maximum Gasteiger partial charge on any atom is 0.221 e. The maximum absolute atomic E-state index is 11.5. The molecule has 0 aliphatic carbocycles. The number of hydrogen-bond donors (Lipinski definition) is 2. The molecule has 0 aromatic carbocycles. The molecule has 0 rings (SSSR count). The second-order valence-corrected chi connectivity index (χ2v) is 9.67. The molecule has 0 heterocycles. The lowest BCUT2D eigenvalue weighted by molar-refractivity contribution is -0.121. The molecule has 0 fully saturated rings. The highest BCUT2D eigenvalue weighted by Crippen LogP contribution is 2.08. The van der Waals surface area contributed by atoms with Gasteiger partial charge < -0.3 is 25.3 Å². The predicted octanol–water partition coefficient (Wildman–Crippen LogP) is 3.61. The molecule has 0 aliphatic rings. The van der Waals surface area contributed by atoms with Crippen LogP contribution in [0.4, 0.5) is 0 Å². The number of nitrogens with two attached hydrogens (primary N) is 1. The minimum Gasteiger partial charge on any atom is -0.379 e. The van der Waals surface area contributed by atoms with Crippen molar-refractivity contribution < 1.29 is 28.6 Å². The van der Waals surface area contributed by atoms with E-state index in [1.54, 1.807) is 0 Å². The first-order valence-electron chi connectivity index (χ1n) is 12.4. The minimum absolute atomic E-state index is 0.0799. The number of alkyl halides is 3. The third-order valence-corrected chi connectivity index (χ3v) is 5.58. The largest absolute Gasteiger partial charge is 0.379 e. The number of nitrogens with one attached hydrogen (secondary N) is 1. The van der Waals surface area contributed by atoms with Gasteiger partial charge in [0.1, 0.15) is 11.6 Å². The van der Waals surface area contributed by atoms with Gasteiger partial charge >= 0.3 is 0 Å². The molecule has 35 heavy (non-hydrogen) atoms. The monoisotopic (exact) mass is 560 g/mol. The van der Waals surface area contributed by atoms with Gasteiger partial charge in [-0.1, -0.05) is 0 Å². The fraction of sp³-hybridized carbons (Fsp3) is 0.875. The molecule has 0 spiro atoms. The molecular weight excluding hydrogens is 519 g/mol. The van der Waals surface area contributed by atoms with Crippen molar-refractivity contribution in [1.82, 2.24) is 5.32 Å². The highest BCUT2D eigenvalue weighted by atomic mass is 35.5. The van der Waals surface area contributed by atoms with Crippen molar-refractivity contribution in [2.24, 2.45) is 5.73 Å². The van der Waals surface area contributed by atoms with Crippen LogP contribution in [0, 0.1) is 0 Å². The predicted molar refractivity (Wildman–Crippen MR) is 141 cm³/mol. The Morgan fingerprint density at radius 1 is 0.629 bits per heavy atom. The van der Waals surface area contributed by atoms with Crippen LogP contribution in [0.15, 0.2) is 0 Å². The number of ketones is 2. The summed E-state index contributed by atoms with van der Waals surface area (Å²) in [5, 5.41) is 2.77. The van der Waals surface area contributed by atoms with Gasteiger partial charge in [-0.25, -0.2) is 0 Å². The lowest BCUT2D eigenvalue weighted by atomic mass is 10.1. The van der Waals surface area contributed by atoms with Crippen molar-refractivity contribution in [1.29, 1.82) is 0 Å². The Labute approximate surface area is 225 Å². The van der Waals surface area contributed by atoms with Crippen molar-refractivity contribution in [3.8, 4) is 0 Å². The van der Waals surface area contributed by atoms with E-state index in [2.05, 4.69) is 5.32 Å². The third-order valence-electron chi connectivity index (χ3n) is 5.01. The Morgan fingerprint density at radius 3 is 1.49 bits per heavy atom. The zero-order chi connectivity index (χ0) is 26.2. The van der Waals surface area contributed by atoms with Crippen LogP contribution in [0.25, 0.3) is 0 Å². The first kappa shape index (κ1) is 34.5. The second kappa shape index (κ2) is 23.9. The summed E-state index contributed by atoms with van der Waals surface area (Å²) >= 11 is 16.7. The van der Waals surface area contributed by atoms with Gasteiger partial charge in [-0.2, -0.15) is 0 Å². The van der Waals surface area contributed by atoms with Gasteiger partial charge in [-0.3, -0.25) is 14.4 Å². The van der Waals surface area contributed by atoms with Gasteiger partial charge in [0.05, 0.1) is 25.4 Å². The molecule has 3 N–H and O–H groups in total. The number of carbonyl (C=O) groups is 3. The van der Waals surface area contributed by atoms with E-state index in [4.69, 9.17) is 54.7 Å². The van der Waals surface area contributed by atoms with Gasteiger partial charge in [-0.05, 0) is 32.1 Å². The van der Waals surface area contributed by atoms with Crippen molar-refractivity contribution in [2.45, 2.75) is 69.7 Å². The Hall–Kier alpha value is -0.480. The summed E-state index contributed by atoms with van der Waals surface area (Å²) < 4.78 is 17.3. The molecular formula is C24H43Cl3N2O6. The molecule has 0 saturated carbocycles. The van der Waals surface area contributed by atoms with E-state index in [1.807, 2.05) is 0 Å². The average Bonchev–Trinajstić information content (AvgIpc) is 2.81. The summed E-state index contributed by atoms with van der Waals surface area (Å²) in [4.78, 5) is 34.5. The number of ether oxygens (including phenoxy) is 3. The minimum atomic E-state index is -0.829. The Balaban J connectivity index is 4.28. The average molecular weight is 562 g/mol. The standard InChI is InChI=1S/C24H43Cl3N2O6/c25-11-8-21(30)6-1-3-15-33-18-24(28,19-34-16-4-2-7-22(31)9-12-26)20-35-17-5-14-29-23(32)10-13-27/h1-20,28H2,(H,29,32). The Kier molecular flexibility index (Phi) is 23.6. The zero-order valence-electron chi connectivity index (χ0n) is 20.8. The van der Waals surface area contributed by atoms with Crippen molar-refractivity contribution in [3.63, 3.8) is 0 Å². The molecule has 8 nitrogen and oxygen atoms in total. The van der Waals surface area contributed by atoms with Crippen LogP contribution >= 0.6 is 34.8 Å². The lowest BCUT2D eigenvalue weighted by Crippen LogP contribution is -2.53. The van der Waals surface area contributed by atoms with E-state index in [1.165, 1.54) is 0 Å². The van der Waals surface area contributed by atoms with Crippen LogP contribution in [0.5, 0.6) is 0 Å². The zero-order valence-corrected chi connectivity index (χ0v) is 23.1. The van der Waals surface area contributed by atoms with Crippen LogP contribution in [0.3, 0.4) is 0 Å². The molecule has 0 bridgehead atoms. The smallest absolute Gasteiger partial charge is 0.221 e. The molecule has 0 aromatic heterocycles.